The minimum Gasteiger partial charge on any atom is -0.456 e. The molecule has 3 aromatic carbocycles. The van der Waals surface area contributed by atoms with Crippen LogP contribution in [-0.4, -0.2) is 114 Å². The van der Waals surface area contributed by atoms with E-state index in [4.69, 9.17) is 37.9 Å². The average molecular weight is 928 g/mol. The van der Waals surface area contributed by atoms with E-state index in [1.165, 1.54) is 33.1 Å². The largest absolute Gasteiger partial charge is 0.456 e. The number of rotatable bonds is 14. The van der Waals surface area contributed by atoms with E-state index >= 15 is 4.79 Å². The number of aliphatic hydroxyl groups is 2. The molecule has 1 saturated heterocycles. The lowest BCUT2D eigenvalue weighted by Crippen LogP contribution is -2.82. The van der Waals surface area contributed by atoms with E-state index < -0.39 is 113 Å². The number of carbonyl (C=O) groups is 6. The van der Waals surface area contributed by atoms with Gasteiger partial charge in [-0.3, -0.25) is 14.4 Å². The van der Waals surface area contributed by atoms with Crippen LogP contribution in [0.5, 0.6) is 0 Å². The Morgan fingerprint density at radius 1 is 0.866 bits per heavy atom. The van der Waals surface area contributed by atoms with Crippen molar-refractivity contribution in [3.8, 4) is 0 Å². The summed E-state index contributed by atoms with van der Waals surface area (Å²) in [6.45, 7) is 7.81. The summed E-state index contributed by atoms with van der Waals surface area (Å²) in [5.41, 5.74) is -6.41. The standard InChI is InChI=1S/C50H57NO16/c1-28-34(65-45(57)39(54)38(32-19-13-9-14-20-32)51-46(58)61-25-31-17-11-8-12-18-31)24-50(59)43(66-44(56)33-21-15-10-16-22-33)41-48(6,42(55)40(64-29(2)52)37(28)47(50,4)5)35(63-27-60-7)23-36-49(41,26-62-36)67-30(3)53/h8-22,34-36,38-41,43,54,59H,23-27H2,1-7H3,(H,51,58)/t34-,35-,36+,38-,39+,40+,41-,43-,48+,49-,50+/m0/s1. The molecule has 0 unspecified atom stereocenters. The zero-order valence-electron chi connectivity index (χ0n) is 38.4. The molecule has 0 spiro atoms. The second-order valence-electron chi connectivity index (χ2n) is 18.3. The van der Waals surface area contributed by atoms with Gasteiger partial charge in [-0.25, -0.2) is 14.4 Å². The summed E-state index contributed by atoms with van der Waals surface area (Å²) in [4.78, 5) is 84.4. The summed E-state index contributed by atoms with van der Waals surface area (Å²) in [6, 6.07) is 23.5. The lowest BCUT2D eigenvalue weighted by atomic mass is 9.44. The maximum atomic E-state index is 15.9. The summed E-state index contributed by atoms with van der Waals surface area (Å²) < 4.78 is 47.8. The summed E-state index contributed by atoms with van der Waals surface area (Å²) in [6.07, 6.45) is -10.8. The Balaban J connectivity index is 1.37. The van der Waals surface area contributed by atoms with Crippen LogP contribution in [-0.2, 0) is 63.7 Å². The molecule has 2 bridgehead atoms. The molecule has 17 nitrogen and oxygen atoms in total. The number of Topliss-reactive ketones (excluding diaryl/α,β-unsaturated/α-hetero) is 1. The highest BCUT2D eigenvalue weighted by Gasteiger charge is 2.78. The molecule has 0 radical (unpaired) electrons. The summed E-state index contributed by atoms with van der Waals surface area (Å²) >= 11 is 0. The normalized spacial score (nSPS) is 30.3. The maximum Gasteiger partial charge on any atom is 0.408 e. The molecule has 1 heterocycles. The summed E-state index contributed by atoms with van der Waals surface area (Å²) in [7, 11) is 1.38. The first-order valence-corrected chi connectivity index (χ1v) is 22.0. The van der Waals surface area contributed by atoms with Crippen LogP contribution in [0.2, 0.25) is 0 Å². The van der Waals surface area contributed by atoms with Crippen molar-refractivity contribution in [3.63, 3.8) is 0 Å². The number of carbonyl (C=O) groups excluding carboxylic acids is 6. The van der Waals surface area contributed by atoms with Gasteiger partial charge in [0.2, 0.25) is 0 Å². The van der Waals surface area contributed by atoms with E-state index in [0.717, 1.165) is 6.92 Å². The molecule has 1 amide bonds. The fourth-order valence-electron chi connectivity index (χ4n) is 10.6. The minimum atomic E-state index is -2.39. The van der Waals surface area contributed by atoms with Gasteiger partial charge >= 0.3 is 30.0 Å². The van der Waals surface area contributed by atoms with E-state index in [1.807, 2.05) is 6.07 Å². The number of ether oxygens (including phenoxy) is 8. The lowest BCUT2D eigenvalue weighted by Gasteiger charge is -2.67. The highest BCUT2D eigenvalue weighted by molar-refractivity contribution is 5.95. The van der Waals surface area contributed by atoms with Crippen molar-refractivity contribution in [3.05, 3.63) is 119 Å². The highest BCUT2D eigenvalue weighted by atomic mass is 16.7. The fraction of sp³-hybridized carbons (Fsp3) is 0.480. The number of alkyl carbamates (subject to hydrolysis) is 1. The van der Waals surface area contributed by atoms with Gasteiger partial charge in [0.05, 0.1) is 35.6 Å². The van der Waals surface area contributed by atoms with Gasteiger partial charge in [0.1, 0.15) is 37.3 Å². The molecular weight excluding hydrogens is 871 g/mol. The van der Waals surface area contributed by atoms with Crippen LogP contribution < -0.4 is 5.32 Å². The number of aliphatic hydroxyl groups excluding tert-OH is 1. The predicted molar refractivity (Wildman–Crippen MR) is 234 cm³/mol. The van der Waals surface area contributed by atoms with Crippen LogP contribution in [0.15, 0.2) is 102 Å². The molecule has 0 aromatic heterocycles. The summed E-state index contributed by atoms with van der Waals surface area (Å²) in [5, 5.41) is 28.3. The van der Waals surface area contributed by atoms with E-state index in [0.29, 0.717) is 11.1 Å². The second-order valence-corrected chi connectivity index (χ2v) is 18.3. The molecule has 4 aliphatic rings. The fourth-order valence-corrected chi connectivity index (χ4v) is 10.6. The molecule has 7 rings (SSSR count). The Hall–Kier alpha value is -5.98. The number of methoxy groups -OCH3 is 1. The Morgan fingerprint density at radius 3 is 2.07 bits per heavy atom. The van der Waals surface area contributed by atoms with E-state index in [2.05, 4.69) is 5.32 Å². The maximum absolute atomic E-state index is 15.9. The Kier molecular flexibility index (Phi) is 14.1. The van der Waals surface area contributed by atoms with Crippen LogP contribution in [0.25, 0.3) is 0 Å². The van der Waals surface area contributed by atoms with Gasteiger partial charge in [-0.05, 0) is 48.3 Å². The van der Waals surface area contributed by atoms with Crippen molar-refractivity contribution < 1.29 is 76.9 Å². The van der Waals surface area contributed by atoms with Crippen molar-refractivity contribution in [2.45, 2.75) is 115 Å². The molecule has 1 aliphatic heterocycles. The Morgan fingerprint density at radius 2 is 1.49 bits per heavy atom. The first kappa shape index (κ1) is 48.9. The number of fused-ring (bicyclic) bond motifs is 5. The molecule has 2 saturated carbocycles. The van der Waals surface area contributed by atoms with Crippen molar-refractivity contribution in [1.29, 1.82) is 0 Å². The van der Waals surface area contributed by atoms with Crippen LogP contribution in [0, 0.1) is 16.7 Å². The minimum absolute atomic E-state index is 0.0235. The number of nitrogens with one attached hydrogen (secondary N) is 1. The number of esters is 4. The van der Waals surface area contributed by atoms with Crippen molar-refractivity contribution in [2.75, 3.05) is 20.5 Å². The smallest absolute Gasteiger partial charge is 0.408 e. The van der Waals surface area contributed by atoms with Crippen molar-refractivity contribution in [1.82, 2.24) is 5.32 Å². The van der Waals surface area contributed by atoms with Gasteiger partial charge in [-0.15, -0.1) is 0 Å². The molecule has 17 heteroatoms. The van der Waals surface area contributed by atoms with Gasteiger partial charge in [0, 0.05) is 39.2 Å². The Labute approximate surface area is 388 Å². The molecule has 358 valence electrons. The third kappa shape index (κ3) is 8.98. The van der Waals surface area contributed by atoms with Crippen LogP contribution in [0.4, 0.5) is 4.79 Å². The van der Waals surface area contributed by atoms with Crippen molar-refractivity contribution in [2.24, 2.45) is 16.7 Å². The van der Waals surface area contributed by atoms with Crippen molar-refractivity contribution >= 4 is 35.8 Å². The third-order valence-electron chi connectivity index (χ3n) is 14.0. The summed E-state index contributed by atoms with van der Waals surface area (Å²) in [5.74, 6) is -6.05. The lowest BCUT2D eigenvalue weighted by molar-refractivity contribution is -0.351. The number of hydrogen-bond acceptors (Lipinski definition) is 16. The number of ketones is 1. The van der Waals surface area contributed by atoms with Gasteiger partial charge in [0.25, 0.3) is 0 Å². The molecular formula is C50H57NO16. The van der Waals surface area contributed by atoms with Crippen LogP contribution in [0.3, 0.4) is 0 Å². The van der Waals surface area contributed by atoms with E-state index in [-0.39, 0.29) is 43.1 Å². The highest BCUT2D eigenvalue weighted by Crippen LogP contribution is 2.65. The molecule has 3 aromatic rings. The second kappa shape index (κ2) is 19.3. The molecule has 67 heavy (non-hydrogen) atoms. The zero-order chi connectivity index (χ0) is 48.5. The van der Waals surface area contributed by atoms with Crippen LogP contribution >= 0.6 is 0 Å². The number of benzene rings is 3. The third-order valence-corrected chi connectivity index (χ3v) is 14.0. The van der Waals surface area contributed by atoms with Gasteiger partial charge in [0.15, 0.2) is 23.6 Å². The molecule has 3 fully saturated rings. The molecule has 3 aliphatic carbocycles. The van der Waals surface area contributed by atoms with E-state index in [1.54, 1.807) is 93.6 Å². The average Bonchev–Trinajstić information content (AvgIpc) is 3.29. The quantitative estimate of drug-likeness (QED) is 0.0849. The van der Waals surface area contributed by atoms with E-state index in [9.17, 15) is 34.2 Å². The van der Waals surface area contributed by atoms with Gasteiger partial charge in [-0.2, -0.15) is 0 Å². The Bertz CT molecular complexity index is 2370. The van der Waals surface area contributed by atoms with Gasteiger partial charge in [-0.1, -0.05) is 92.7 Å². The van der Waals surface area contributed by atoms with Gasteiger partial charge < -0.3 is 53.4 Å². The zero-order valence-corrected chi connectivity index (χ0v) is 38.4. The first-order valence-electron chi connectivity index (χ1n) is 22.0. The van der Waals surface area contributed by atoms with Crippen LogP contribution in [0.1, 0.15) is 81.9 Å². The molecule has 11 atom stereocenters. The monoisotopic (exact) mass is 927 g/mol. The number of hydrogen-bond donors (Lipinski definition) is 3. The first-order chi connectivity index (χ1) is 31.8. The number of amides is 1. The topological polar surface area (TPSA) is 229 Å². The molecule has 3 N–H and O–H groups in total. The predicted octanol–water partition coefficient (Wildman–Crippen LogP) is 4.86. The SMILES string of the molecule is COCO[C@H]1C[C@H]2OC[C@@]2(OC(C)=O)[C@H]2[C@H](OC(=O)c3ccccc3)[C@]3(O)C[C@H](OC(=O)[C@H](O)[C@@H](NC(=O)OCc4ccccc4)c4ccccc4)C(C)=C([C@@H](OC(C)=O)C(=O)[C@]12C)C3(C)C.